The Bertz CT molecular complexity index is 268. The van der Waals surface area contributed by atoms with Gasteiger partial charge in [-0.05, 0) is 18.6 Å². The van der Waals surface area contributed by atoms with Gasteiger partial charge in [-0.25, -0.2) is 0 Å². The first-order chi connectivity index (χ1) is 8.67. The van der Waals surface area contributed by atoms with Gasteiger partial charge >= 0.3 is 0 Å². The molecule has 0 aliphatic carbocycles. The molecule has 0 aromatic carbocycles. The molecule has 2 N–H and O–H groups in total. The number of nitrogens with zero attached hydrogens (tertiary/aromatic N) is 1. The van der Waals surface area contributed by atoms with Gasteiger partial charge in [-0.2, -0.15) is 11.8 Å². The second-order valence-corrected chi connectivity index (χ2v) is 6.83. The number of likely N-dealkylation sites (tertiary alicyclic amines) is 1. The maximum absolute atomic E-state index is 6.15. The fraction of sp³-hybridized carbons (Fsp3) is 1.00. The van der Waals surface area contributed by atoms with Crippen LogP contribution in [0.1, 0.15) is 19.8 Å². The summed E-state index contributed by atoms with van der Waals surface area (Å²) in [5.74, 6) is 1.26. The lowest BCUT2D eigenvalue weighted by molar-refractivity contribution is -0.00461. The van der Waals surface area contributed by atoms with E-state index in [-0.39, 0.29) is 17.7 Å². The van der Waals surface area contributed by atoms with E-state index in [1.165, 1.54) is 18.6 Å². The number of thioether (sulfide) groups is 1. The minimum absolute atomic E-state index is 0.132. The van der Waals surface area contributed by atoms with Crippen molar-refractivity contribution >= 4 is 11.8 Å². The van der Waals surface area contributed by atoms with E-state index in [9.17, 15) is 0 Å². The van der Waals surface area contributed by atoms with E-state index in [1.807, 2.05) is 0 Å². The van der Waals surface area contributed by atoms with Gasteiger partial charge in [-0.3, -0.25) is 4.90 Å². The van der Waals surface area contributed by atoms with Gasteiger partial charge in [0, 0.05) is 44.6 Å². The first kappa shape index (κ1) is 14.6. The van der Waals surface area contributed by atoms with Crippen LogP contribution in [-0.4, -0.2) is 67.5 Å². The van der Waals surface area contributed by atoms with Gasteiger partial charge in [0.05, 0.1) is 12.2 Å². The van der Waals surface area contributed by atoms with Crippen LogP contribution in [0.4, 0.5) is 0 Å². The van der Waals surface area contributed by atoms with Crippen LogP contribution < -0.4 is 5.73 Å². The second-order valence-electron chi connectivity index (χ2n) is 5.38. The van der Waals surface area contributed by atoms with Crippen molar-refractivity contribution in [2.45, 2.75) is 42.8 Å². The van der Waals surface area contributed by atoms with E-state index in [1.54, 1.807) is 14.2 Å². The summed E-state index contributed by atoms with van der Waals surface area (Å²) in [5, 5.41) is 0.587. The molecule has 0 spiro atoms. The van der Waals surface area contributed by atoms with Crippen molar-refractivity contribution in [1.29, 1.82) is 0 Å². The number of ether oxygens (including phenoxy) is 2. The number of rotatable bonds is 4. The average molecular weight is 274 g/mol. The number of nitrogens with two attached hydrogens (primary N) is 1. The summed E-state index contributed by atoms with van der Waals surface area (Å²) < 4.78 is 11.1. The molecular formula is C13H26N2O2S. The molecule has 0 aromatic rings. The highest BCUT2D eigenvalue weighted by Gasteiger charge is 2.48. The first-order valence-corrected chi connectivity index (χ1v) is 7.85. The highest BCUT2D eigenvalue weighted by atomic mass is 32.2. The van der Waals surface area contributed by atoms with Gasteiger partial charge in [0.1, 0.15) is 0 Å². The standard InChI is InChI=1S/C13H26N2O2S/c1-10-13(9-14,5-4-6-18-10)15-7-11(16-2)12(8-15)17-3/h10-12H,4-9,14H2,1-3H3. The fourth-order valence-corrected chi connectivity index (χ4v) is 4.71. The van der Waals surface area contributed by atoms with Gasteiger partial charge in [0.25, 0.3) is 0 Å². The molecule has 0 bridgehead atoms. The molecule has 0 saturated carbocycles. The lowest BCUT2D eigenvalue weighted by Crippen LogP contribution is -2.60. The summed E-state index contributed by atoms with van der Waals surface area (Å²) in [6.07, 6.45) is 2.82. The number of methoxy groups -OCH3 is 2. The Balaban J connectivity index is 2.13. The molecule has 106 valence electrons. The Morgan fingerprint density at radius 2 is 1.89 bits per heavy atom. The monoisotopic (exact) mass is 274 g/mol. The quantitative estimate of drug-likeness (QED) is 0.827. The highest BCUT2D eigenvalue weighted by molar-refractivity contribution is 8.00. The zero-order valence-corrected chi connectivity index (χ0v) is 12.5. The van der Waals surface area contributed by atoms with Crippen LogP contribution in [0.15, 0.2) is 0 Å². The molecule has 0 aromatic heterocycles. The van der Waals surface area contributed by atoms with E-state index in [0.29, 0.717) is 5.25 Å². The first-order valence-electron chi connectivity index (χ1n) is 6.80. The van der Waals surface area contributed by atoms with Crippen LogP contribution in [0.5, 0.6) is 0 Å². The van der Waals surface area contributed by atoms with Crippen LogP contribution in [-0.2, 0) is 9.47 Å². The Morgan fingerprint density at radius 1 is 1.28 bits per heavy atom. The van der Waals surface area contributed by atoms with E-state index < -0.39 is 0 Å². The smallest absolute Gasteiger partial charge is 0.0972 e. The van der Waals surface area contributed by atoms with Crippen molar-refractivity contribution in [3.63, 3.8) is 0 Å². The van der Waals surface area contributed by atoms with Gasteiger partial charge < -0.3 is 15.2 Å². The zero-order chi connectivity index (χ0) is 13.2. The fourth-order valence-electron chi connectivity index (χ4n) is 3.37. The molecule has 2 fully saturated rings. The second kappa shape index (κ2) is 6.09. The Kier molecular flexibility index (Phi) is 4.94. The SMILES string of the molecule is COC1CN(C2(CN)CCCSC2C)CC1OC. The highest BCUT2D eigenvalue weighted by Crippen LogP contribution is 2.40. The number of hydrogen-bond acceptors (Lipinski definition) is 5. The van der Waals surface area contributed by atoms with Crippen LogP contribution in [0.2, 0.25) is 0 Å². The largest absolute Gasteiger partial charge is 0.377 e. The van der Waals surface area contributed by atoms with Crippen LogP contribution in [0, 0.1) is 0 Å². The van der Waals surface area contributed by atoms with Gasteiger partial charge in [-0.15, -0.1) is 0 Å². The Morgan fingerprint density at radius 3 is 2.33 bits per heavy atom. The molecule has 2 aliphatic rings. The lowest BCUT2D eigenvalue weighted by atomic mass is 9.88. The third-order valence-corrected chi connectivity index (χ3v) is 6.15. The van der Waals surface area contributed by atoms with E-state index in [0.717, 1.165) is 19.6 Å². The average Bonchev–Trinajstić information content (AvgIpc) is 2.83. The van der Waals surface area contributed by atoms with Crippen LogP contribution >= 0.6 is 11.8 Å². The van der Waals surface area contributed by atoms with Crippen molar-refractivity contribution in [3.8, 4) is 0 Å². The molecule has 0 amide bonds. The molecule has 4 nitrogen and oxygen atoms in total. The predicted octanol–water partition coefficient (Wildman–Crippen LogP) is 0.945. The summed E-state index contributed by atoms with van der Waals surface area (Å²) >= 11 is 2.05. The minimum Gasteiger partial charge on any atom is -0.377 e. The van der Waals surface area contributed by atoms with Crippen LogP contribution in [0.3, 0.4) is 0 Å². The van der Waals surface area contributed by atoms with Gasteiger partial charge in [-0.1, -0.05) is 6.92 Å². The lowest BCUT2D eigenvalue weighted by Gasteiger charge is -2.48. The van der Waals surface area contributed by atoms with Crippen molar-refractivity contribution in [3.05, 3.63) is 0 Å². The molecule has 2 aliphatic heterocycles. The van der Waals surface area contributed by atoms with Crippen molar-refractivity contribution in [2.75, 3.05) is 39.6 Å². The predicted molar refractivity (Wildman–Crippen MR) is 76.1 cm³/mol. The third kappa shape index (κ3) is 2.43. The summed E-state index contributed by atoms with van der Waals surface area (Å²) in [6, 6.07) is 0. The molecule has 5 heteroatoms. The van der Waals surface area contributed by atoms with Crippen molar-refractivity contribution in [2.24, 2.45) is 5.73 Å². The summed E-state index contributed by atoms with van der Waals surface area (Å²) in [5.41, 5.74) is 6.28. The molecule has 2 saturated heterocycles. The van der Waals surface area contributed by atoms with Gasteiger partial charge in [0.2, 0.25) is 0 Å². The molecule has 2 rings (SSSR count). The topological polar surface area (TPSA) is 47.7 Å². The van der Waals surface area contributed by atoms with Crippen LogP contribution in [0.25, 0.3) is 0 Å². The Hall–Kier alpha value is 0.190. The van der Waals surface area contributed by atoms with E-state index in [4.69, 9.17) is 15.2 Å². The molecule has 2 heterocycles. The normalized spacial score (nSPS) is 42.3. The molecule has 4 unspecified atom stereocenters. The summed E-state index contributed by atoms with van der Waals surface area (Å²) in [7, 11) is 3.54. The van der Waals surface area contributed by atoms with E-state index in [2.05, 4.69) is 23.6 Å². The summed E-state index contributed by atoms with van der Waals surface area (Å²) in [6.45, 7) is 4.93. The maximum atomic E-state index is 6.15. The molecule has 0 radical (unpaired) electrons. The minimum atomic E-state index is 0.132. The Labute approximate surface area is 115 Å². The van der Waals surface area contributed by atoms with Crippen molar-refractivity contribution < 1.29 is 9.47 Å². The van der Waals surface area contributed by atoms with E-state index >= 15 is 0 Å². The molecule has 4 atom stereocenters. The van der Waals surface area contributed by atoms with Crippen molar-refractivity contribution in [1.82, 2.24) is 4.90 Å². The zero-order valence-electron chi connectivity index (χ0n) is 11.7. The van der Waals surface area contributed by atoms with Gasteiger partial charge in [0.15, 0.2) is 0 Å². The number of hydrogen-bond donors (Lipinski definition) is 1. The molecular weight excluding hydrogens is 248 g/mol. The molecule has 18 heavy (non-hydrogen) atoms. The third-order valence-electron chi connectivity index (χ3n) is 4.68. The summed E-state index contributed by atoms with van der Waals surface area (Å²) in [4.78, 5) is 2.52. The maximum Gasteiger partial charge on any atom is 0.0972 e.